The average molecular weight is 265 g/mol. The molecule has 3 saturated heterocycles. The molecule has 2 bridgehead atoms. The van der Waals surface area contributed by atoms with Crippen LogP contribution >= 0.6 is 11.3 Å². The molecule has 1 amide bonds. The van der Waals surface area contributed by atoms with Crippen molar-refractivity contribution in [2.24, 2.45) is 5.92 Å². The van der Waals surface area contributed by atoms with E-state index in [9.17, 15) is 4.79 Å². The van der Waals surface area contributed by atoms with Crippen molar-refractivity contribution in [3.8, 4) is 0 Å². The molecule has 1 aromatic rings. The lowest BCUT2D eigenvalue weighted by Gasteiger charge is -2.44. The second kappa shape index (κ2) is 4.63. The predicted molar refractivity (Wildman–Crippen MR) is 72.0 cm³/mol. The highest BCUT2D eigenvalue weighted by molar-refractivity contribution is 7.13. The number of nitrogens with one attached hydrogen (secondary N) is 1. The lowest BCUT2D eigenvalue weighted by atomic mass is 9.84. The van der Waals surface area contributed by atoms with Crippen LogP contribution in [0.2, 0.25) is 0 Å². The third kappa shape index (κ3) is 2.17. The molecule has 5 heteroatoms. The van der Waals surface area contributed by atoms with E-state index in [2.05, 4.69) is 15.2 Å². The van der Waals surface area contributed by atoms with Crippen molar-refractivity contribution in [1.82, 2.24) is 15.2 Å². The minimum absolute atomic E-state index is 0.0665. The Bertz CT molecular complexity index is 463. The van der Waals surface area contributed by atoms with E-state index in [1.807, 2.05) is 13.8 Å². The van der Waals surface area contributed by atoms with E-state index in [1.165, 1.54) is 37.3 Å². The van der Waals surface area contributed by atoms with Crippen molar-refractivity contribution >= 4 is 17.2 Å². The maximum Gasteiger partial charge on any atom is 0.263 e. The topological polar surface area (TPSA) is 45.2 Å². The number of piperidine rings is 3. The van der Waals surface area contributed by atoms with Crippen LogP contribution in [0.5, 0.6) is 0 Å². The average Bonchev–Trinajstić information content (AvgIpc) is 2.70. The van der Waals surface area contributed by atoms with Crippen molar-refractivity contribution in [1.29, 1.82) is 0 Å². The molecule has 0 unspecified atom stereocenters. The fourth-order valence-corrected chi connectivity index (χ4v) is 3.93. The Kier molecular flexibility index (Phi) is 3.11. The SMILES string of the molecule is Cc1nc(C)c(C(=O)N[C@H]2CN3CCC2CC3)s1. The van der Waals surface area contributed by atoms with E-state index in [0.717, 1.165) is 22.1 Å². The first-order valence-corrected chi connectivity index (χ1v) is 7.42. The molecule has 0 radical (unpaired) electrons. The zero-order chi connectivity index (χ0) is 12.7. The number of fused-ring (bicyclic) bond motifs is 3. The largest absolute Gasteiger partial charge is 0.347 e. The number of carbonyl (C=O) groups is 1. The van der Waals surface area contributed by atoms with Gasteiger partial charge < -0.3 is 10.2 Å². The maximum absolute atomic E-state index is 12.3. The summed E-state index contributed by atoms with van der Waals surface area (Å²) in [6, 6.07) is 0.335. The summed E-state index contributed by atoms with van der Waals surface area (Å²) >= 11 is 1.49. The quantitative estimate of drug-likeness (QED) is 0.883. The summed E-state index contributed by atoms with van der Waals surface area (Å²) in [6.07, 6.45) is 2.46. The number of amides is 1. The van der Waals surface area contributed by atoms with Crippen molar-refractivity contribution < 1.29 is 4.79 Å². The summed E-state index contributed by atoms with van der Waals surface area (Å²) in [5, 5.41) is 4.17. The van der Waals surface area contributed by atoms with E-state index >= 15 is 0 Å². The van der Waals surface area contributed by atoms with Crippen molar-refractivity contribution in [2.45, 2.75) is 32.7 Å². The second-order valence-electron chi connectivity index (χ2n) is 5.37. The van der Waals surface area contributed by atoms with Crippen LogP contribution in [0.1, 0.15) is 33.2 Å². The smallest absolute Gasteiger partial charge is 0.263 e. The molecule has 3 aliphatic heterocycles. The van der Waals surface area contributed by atoms with Gasteiger partial charge in [-0.25, -0.2) is 4.98 Å². The van der Waals surface area contributed by atoms with Gasteiger partial charge in [-0.3, -0.25) is 4.79 Å². The lowest BCUT2D eigenvalue weighted by Crippen LogP contribution is -2.57. The minimum Gasteiger partial charge on any atom is -0.347 e. The first kappa shape index (κ1) is 12.1. The van der Waals surface area contributed by atoms with Crippen LogP contribution in [0.25, 0.3) is 0 Å². The molecule has 3 fully saturated rings. The van der Waals surface area contributed by atoms with Crippen LogP contribution < -0.4 is 5.32 Å². The monoisotopic (exact) mass is 265 g/mol. The normalized spacial score (nSPS) is 30.4. The molecule has 0 aromatic carbocycles. The molecule has 4 rings (SSSR count). The van der Waals surface area contributed by atoms with Gasteiger partial charge in [0.05, 0.1) is 10.7 Å². The Morgan fingerprint density at radius 2 is 2.11 bits per heavy atom. The third-order valence-electron chi connectivity index (χ3n) is 4.08. The highest BCUT2D eigenvalue weighted by Gasteiger charge is 2.35. The van der Waals surface area contributed by atoms with Crippen LogP contribution in [-0.2, 0) is 0 Å². The van der Waals surface area contributed by atoms with Gasteiger partial charge in [0.15, 0.2) is 0 Å². The van der Waals surface area contributed by atoms with Gasteiger partial charge in [0.25, 0.3) is 5.91 Å². The zero-order valence-electron chi connectivity index (χ0n) is 10.9. The number of aryl methyl sites for hydroxylation is 2. The van der Waals surface area contributed by atoms with Gasteiger partial charge in [0.2, 0.25) is 0 Å². The number of rotatable bonds is 2. The Morgan fingerprint density at radius 1 is 1.39 bits per heavy atom. The van der Waals surface area contributed by atoms with E-state index in [-0.39, 0.29) is 5.91 Å². The molecule has 98 valence electrons. The van der Waals surface area contributed by atoms with Crippen LogP contribution in [0.3, 0.4) is 0 Å². The van der Waals surface area contributed by atoms with Crippen LogP contribution in [0, 0.1) is 19.8 Å². The summed E-state index contributed by atoms with van der Waals surface area (Å²) in [5.74, 6) is 0.741. The molecule has 0 aliphatic carbocycles. The van der Waals surface area contributed by atoms with Gasteiger partial charge in [-0.15, -0.1) is 11.3 Å². The predicted octanol–water partition coefficient (Wildman–Crippen LogP) is 1.58. The molecule has 0 saturated carbocycles. The van der Waals surface area contributed by atoms with Gasteiger partial charge in [-0.1, -0.05) is 0 Å². The second-order valence-corrected chi connectivity index (χ2v) is 6.57. The minimum atomic E-state index is 0.0665. The molecule has 1 N–H and O–H groups in total. The molecule has 18 heavy (non-hydrogen) atoms. The molecule has 4 heterocycles. The van der Waals surface area contributed by atoms with E-state index in [0.29, 0.717) is 12.0 Å². The van der Waals surface area contributed by atoms with E-state index in [1.54, 1.807) is 0 Å². The third-order valence-corrected chi connectivity index (χ3v) is 5.15. The van der Waals surface area contributed by atoms with Crippen molar-refractivity contribution in [3.63, 3.8) is 0 Å². The Balaban J connectivity index is 1.69. The van der Waals surface area contributed by atoms with Crippen LogP contribution in [0.15, 0.2) is 0 Å². The first-order chi connectivity index (χ1) is 8.63. The number of carbonyl (C=O) groups excluding carboxylic acids is 1. The zero-order valence-corrected chi connectivity index (χ0v) is 11.7. The van der Waals surface area contributed by atoms with E-state index < -0.39 is 0 Å². The highest BCUT2D eigenvalue weighted by Crippen LogP contribution is 2.28. The van der Waals surface area contributed by atoms with Gasteiger partial charge >= 0.3 is 0 Å². The van der Waals surface area contributed by atoms with Gasteiger partial charge in [-0.2, -0.15) is 0 Å². The number of hydrogen-bond donors (Lipinski definition) is 1. The summed E-state index contributed by atoms with van der Waals surface area (Å²) < 4.78 is 0. The van der Waals surface area contributed by atoms with Crippen LogP contribution in [-0.4, -0.2) is 41.5 Å². The lowest BCUT2D eigenvalue weighted by molar-refractivity contribution is 0.0622. The molecule has 3 aliphatic rings. The maximum atomic E-state index is 12.3. The Labute approximate surface area is 111 Å². The van der Waals surface area contributed by atoms with Gasteiger partial charge in [0, 0.05) is 12.6 Å². The standard InChI is InChI=1S/C13H19N3OS/c1-8-12(18-9(2)14-8)13(17)15-11-7-16-5-3-10(11)4-6-16/h10-11H,3-7H2,1-2H3,(H,15,17)/t11-/m0/s1. The Morgan fingerprint density at radius 3 is 2.61 bits per heavy atom. The first-order valence-electron chi connectivity index (χ1n) is 6.61. The molecule has 1 aromatic heterocycles. The van der Waals surface area contributed by atoms with Gasteiger partial charge in [-0.05, 0) is 45.7 Å². The Hall–Kier alpha value is -0.940. The van der Waals surface area contributed by atoms with Crippen LogP contribution in [0.4, 0.5) is 0 Å². The summed E-state index contributed by atoms with van der Waals surface area (Å²) in [6.45, 7) is 7.29. The molecular formula is C13H19N3OS. The summed E-state index contributed by atoms with van der Waals surface area (Å²) in [4.78, 5) is 19.8. The highest BCUT2D eigenvalue weighted by atomic mass is 32.1. The fourth-order valence-electron chi connectivity index (χ4n) is 3.10. The summed E-state index contributed by atoms with van der Waals surface area (Å²) in [5.41, 5.74) is 0.858. The van der Waals surface area contributed by atoms with E-state index in [4.69, 9.17) is 0 Å². The fraction of sp³-hybridized carbons (Fsp3) is 0.692. The van der Waals surface area contributed by atoms with Crippen molar-refractivity contribution in [2.75, 3.05) is 19.6 Å². The van der Waals surface area contributed by atoms with Crippen molar-refractivity contribution in [3.05, 3.63) is 15.6 Å². The molecule has 0 spiro atoms. The molecule has 1 atom stereocenters. The number of thiazole rings is 1. The molecular weight excluding hydrogens is 246 g/mol. The summed E-state index contributed by atoms with van der Waals surface area (Å²) in [7, 11) is 0. The number of aromatic nitrogens is 1. The molecule has 4 nitrogen and oxygen atoms in total. The number of hydrogen-bond acceptors (Lipinski definition) is 4. The number of nitrogens with zero attached hydrogens (tertiary/aromatic N) is 2. The van der Waals surface area contributed by atoms with Gasteiger partial charge in [0.1, 0.15) is 4.88 Å².